The summed E-state index contributed by atoms with van der Waals surface area (Å²) in [6, 6.07) is 7.55. The Kier molecular flexibility index (Phi) is 8.09. The van der Waals surface area contributed by atoms with Gasteiger partial charge in [-0.15, -0.1) is 0 Å². The first-order valence-electron chi connectivity index (χ1n) is 8.42. The molecule has 0 aliphatic carbocycles. The van der Waals surface area contributed by atoms with Crippen molar-refractivity contribution in [1.29, 1.82) is 0 Å². The number of rotatable bonds is 7. The van der Waals surface area contributed by atoms with Crippen LogP contribution in [0.3, 0.4) is 0 Å². The number of thiocarbonyl (C=S) groups is 1. The molecule has 0 unspecified atom stereocenters. The third-order valence-electron chi connectivity index (χ3n) is 4.04. The fraction of sp³-hybridized carbons (Fsp3) is 0.588. The molecular formula is C17H27ClN4S. The highest BCUT2D eigenvalue weighted by Crippen LogP contribution is 2.13. The van der Waals surface area contributed by atoms with Gasteiger partial charge < -0.3 is 20.4 Å². The van der Waals surface area contributed by atoms with Crippen molar-refractivity contribution in [3.8, 4) is 0 Å². The van der Waals surface area contributed by atoms with Crippen LogP contribution in [0.2, 0.25) is 5.02 Å². The highest BCUT2D eigenvalue weighted by molar-refractivity contribution is 7.80. The number of nitrogens with one attached hydrogen (secondary N) is 2. The molecule has 6 heteroatoms. The second kappa shape index (κ2) is 10.1. The third kappa shape index (κ3) is 7.04. The highest BCUT2D eigenvalue weighted by atomic mass is 35.5. The summed E-state index contributed by atoms with van der Waals surface area (Å²) in [6.07, 6.45) is 2.36. The van der Waals surface area contributed by atoms with Gasteiger partial charge in [0, 0.05) is 43.4 Å². The molecule has 1 fully saturated rings. The fourth-order valence-electron chi connectivity index (χ4n) is 2.77. The van der Waals surface area contributed by atoms with Gasteiger partial charge in [-0.1, -0.05) is 18.5 Å². The highest BCUT2D eigenvalue weighted by Gasteiger charge is 2.15. The molecule has 1 heterocycles. The molecule has 2 N–H and O–H groups in total. The van der Waals surface area contributed by atoms with Crippen LogP contribution < -0.4 is 10.6 Å². The SMILES string of the molecule is CCCN1CCN(CCCNC(=S)Nc2ccc(Cl)cc2)CC1. The van der Waals surface area contributed by atoms with E-state index in [2.05, 4.69) is 27.4 Å². The fourth-order valence-corrected chi connectivity index (χ4v) is 3.11. The van der Waals surface area contributed by atoms with Crippen LogP contribution in [0.4, 0.5) is 5.69 Å². The number of halogens is 1. The average molecular weight is 355 g/mol. The van der Waals surface area contributed by atoms with Gasteiger partial charge in [0.2, 0.25) is 0 Å². The van der Waals surface area contributed by atoms with Crippen molar-refractivity contribution < 1.29 is 0 Å². The standard InChI is InChI=1S/C17H27ClN4S/c1-2-9-21-11-13-22(14-12-21)10-3-8-19-17(23)20-16-6-4-15(18)5-7-16/h4-7H,2-3,8-14H2,1H3,(H2,19,20,23). The van der Waals surface area contributed by atoms with Crippen molar-refractivity contribution in [3.05, 3.63) is 29.3 Å². The molecule has 128 valence electrons. The van der Waals surface area contributed by atoms with Crippen molar-refractivity contribution in [2.75, 3.05) is 51.1 Å². The lowest BCUT2D eigenvalue weighted by molar-refractivity contribution is 0.132. The van der Waals surface area contributed by atoms with Crippen molar-refractivity contribution in [2.24, 2.45) is 0 Å². The molecule has 1 saturated heterocycles. The Morgan fingerprint density at radius 2 is 1.70 bits per heavy atom. The number of nitrogens with zero attached hydrogens (tertiary/aromatic N) is 2. The topological polar surface area (TPSA) is 30.5 Å². The molecule has 0 bridgehead atoms. The van der Waals surface area contributed by atoms with Crippen molar-refractivity contribution >= 4 is 34.6 Å². The van der Waals surface area contributed by atoms with Gasteiger partial charge in [0.25, 0.3) is 0 Å². The molecule has 0 aromatic heterocycles. The molecular weight excluding hydrogens is 328 g/mol. The van der Waals surface area contributed by atoms with Crippen LogP contribution >= 0.6 is 23.8 Å². The van der Waals surface area contributed by atoms with E-state index in [1.165, 1.54) is 39.1 Å². The molecule has 0 spiro atoms. The Morgan fingerprint density at radius 3 is 2.30 bits per heavy atom. The molecule has 0 atom stereocenters. The van der Waals surface area contributed by atoms with Gasteiger partial charge in [-0.2, -0.15) is 0 Å². The third-order valence-corrected chi connectivity index (χ3v) is 4.54. The van der Waals surface area contributed by atoms with Crippen LogP contribution in [0.1, 0.15) is 19.8 Å². The molecule has 1 aliphatic rings. The Hall–Kier alpha value is -0.880. The van der Waals surface area contributed by atoms with Gasteiger partial charge in [0.05, 0.1) is 0 Å². The summed E-state index contributed by atoms with van der Waals surface area (Å²) in [4.78, 5) is 5.10. The summed E-state index contributed by atoms with van der Waals surface area (Å²) in [5.74, 6) is 0. The molecule has 0 saturated carbocycles. The minimum Gasteiger partial charge on any atom is -0.362 e. The molecule has 1 aliphatic heterocycles. The van der Waals surface area contributed by atoms with Gasteiger partial charge in [0.1, 0.15) is 0 Å². The van der Waals surface area contributed by atoms with E-state index in [-0.39, 0.29) is 0 Å². The van der Waals surface area contributed by atoms with E-state index in [0.717, 1.165) is 30.2 Å². The first-order chi connectivity index (χ1) is 11.2. The predicted molar refractivity (Wildman–Crippen MR) is 103 cm³/mol. The van der Waals surface area contributed by atoms with E-state index in [1.807, 2.05) is 24.3 Å². The summed E-state index contributed by atoms with van der Waals surface area (Å²) in [7, 11) is 0. The van der Waals surface area contributed by atoms with Gasteiger partial charge >= 0.3 is 0 Å². The average Bonchev–Trinajstić information content (AvgIpc) is 2.55. The molecule has 1 aromatic carbocycles. The quantitative estimate of drug-likeness (QED) is 0.580. The molecule has 1 aromatic rings. The molecule has 2 rings (SSSR count). The monoisotopic (exact) mass is 354 g/mol. The Bertz CT molecular complexity index is 472. The maximum Gasteiger partial charge on any atom is 0.170 e. The lowest BCUT2D eigenvalue weighted by Crippen LogP contribution is -2.47. The van der Waals surface area contributed by atoms with Gasteiger partial charge in [-0.05, 0) is 62.4 Å². The summed E-state index contributed by atoms with van der Waals surface area (Å²) < 4.78 is 0. The summed E-state index contributed by atoms with van der Waals surface area (Å²) >= 11 is 11.2. The number of hydrogen-bond acceptors (Lipinski definition) is 3. The summed E-state index contributed by atoms with van der Waals surface area (Å²) in [6.45, 7) is 10.3. The normalized spacial score (nSPS) is 16.3. The van der Waals surface area contributed by atoms with E-state index >= 15 is 0 Å². The summed E-state index contributed by atoms with van der Waals surface area (Å²) in [5.41, 5.74) is 0.957. The minimum atomic E-state index is 0.667. The predicted octanol–water partition coefficient (Wildman–Crippen LogP) is 3.04. The molecule has 0 amide bonds. The zero-order valence-electron chi connectivity index (χ0n) is 13.9. The smallest absolute Gasteiger partial charge is 0.170 e. The lowest BCUT2D eigenvalue weighted by atomic mass is 10.2. The first kappa shape index (κ1) is 18.5. The number of anilines is 1. The van der Waals surface area contributed by atoms with Crippen molar-refractivity contribution in [3.63, 3.8) is 0 Å². The van der Waals surface area contributed by atoms with Crippen LogP contribution in [-0.2, 0) is 0 Å². The molecule has 4 nitrogen and oxygen atoms in total. The van der Waals surface area contributed by atoms with Gasteiger partial charge in [-0.3, -0.25) is 0 Å². The van der Waals surface area contributed by atoms with Crippen LogP contribution in [0.5, 0.6) is 0 Å². The van der Waals surface area contributed by atoms with E-state index in [1.54, 1.807) is 0 Å². The first-order valence-corrected chi connectivity index (χ1v) is 9.21. The van der Waals surface area contributed by atoms with E-state index in [4.69, 9.17) is 23.8 Å². The zero-order chi connectivity index (χ0) is 16.5. The van der Waals surface area contributed by atoms with E-state index in [9.17, 15) is 0 Å². The molecule has 23 heavy (non-hydrogen) atoms. The Labute approximate surface area is 150 Å². The van der Waals surface area contributed by atoms with E-state index in [0.29, 0.717) is 5.11 Å². The Morgan fingerprint density at radius 1 is 1.09 bits per heavy atom. The molecule has 0 radical (unpaired) electrons. The van der Waals surface area contributed by atoms with Gasteiger partial charge in [-0.25, -0.2) is 0 Å². The van der Waals surface area contributed by atoms with Gasteiger partial charge in [0.15, 0.2) is 5.11 Å². The zero-order valence-corrected chi connectivity index (χ0v) is 15.4. The van der Waals surface area contributed by atoms with Crippen LogP contribution in [0.15, 0.2) is 24.3 Å². The number of hydrogen-bond donors (Lipinski definition) is 2. The van der Waals surface area contributed by atoms with Crippen molar-refractivity contribution in [2.45, 2.75) is 19.8 Å². The van der Waals surface area contributed by atoms with Crippen LogP contribution in [0, 0.1) is 0 Å². The van der Waals surface area contributed by atoms with Crippen LogP contribution in [0.25, 0.3) is 0 Å². The maximum atomic E-state index is 5.87. The van der Waals surface area contributed by atoms with Crippen molar-refractivity contribution in [1.82, 2.24) is 15.1 Å². The van der Waals surface area contributed by atoms with Crippen LogP contribution in [-0.4, -0.2) is 60.7 Å². The second-order valence-electron chi connectivity index (χ2n) is 5.92. The summed E-state index contributed by atoms with van der Waals surface area (Å²) in [5, 5.41) is 7.83. The number of benzene rings is 1. The maximum absolute atomic E-state index is 5.87. The van der Waals surface area contributed by atoms with E-state index < -0.39 is 0 Å². The second-order valence-corrected chi connectivity index (χ2v) is 6.77. The Balaban J connectivity index is 1.55. The largest absolute Gasteiger partial charge is 0.362 e. The lowest BCUT2D eigenvalue weighted by Gasteiger charge is -2.34. The number of piperazine rings is 1. The minimum absolute atomic E-state index is 0.667.